The number of rotatable bonds is 2. The number of nitrogens with zero attached hydrogens (tertiary/aromatic N) is 2. The Balaban J connectivity index is 2.10. The fourth-order valence-corrected chi connectivity index (χ4v) is 1.88. The van der Waals surface area contributed by atoms with Crippen LogP contribution in [0.1, 0.15) is 18.9 Å². The van der Waals surface area contributed by atoms with Gasteiger partial charge in [-0.3, -0.25) is 4.98 Å². The van der Waals surface area contributed by atoms with E-state index in [0.29, 0.717) is 0 Å². The third-order valence-electron chi connectivity index (χ3n) is 2.96. The van der Waals surface area contributed by atoms with Gasteiger partial charge in [-0.05, 0) is 25.0 Å². The van der Waals surface area contributed by atoms with Crippen molar-refractivity contribution in [1.82, 2.24) is 4.98 Å². The average Bonchev–Trinajstić information content (AvgIpc) is 2.14. The largest absolute Gasteiger partial charge is 0.386 e. The van der Waals surface area contributed by atoms with Crippen molar-refractivity contribution in [2.24, 2.45) is 0 Å². The van der Waals surface area contributed by atoms with Gasteiger partial charge in [0.1, 0.15) is 0 Å². The van der Waals surface area contributed by atoms with Crippen LogP contribution in [0.4, 0.5) is 5.69 Å². The Morgan fingerprint density at radius 2 is 2.29 bits per heavy atom. The molecule has 1 aromatic heterocycles. The summed E-state index contributed by atoms with van der Waals surface area (Å²) in [7, 11) is 0. The molecule has 1 fully saturated rings. The van der Waals surface area contributed by atoms with E-state index in [-0.39, 0.29) is 0 Å². The summed E-state index contributed by atoms with van der Waals surface area (Å²) >= 11 is 0. The lowest BCUT2D eigenvalue weighted by molar-refractivity contribution is 0.00846. The first-order valence-electron chi connectivity index (χ1n) is 5.02. The summed E-state index contributed by atoms with van der Waals surface area (Å²) in [6.45, 7) is 5.56. The molecule has 0 spiro atoms. The molecule has 0 aromatic carbocycles. The van der Waals surface area contributed by atoms with Crippen LogP contribution in [0.25, 0.3) is 0 Å². The molecule has 0 atom stereocenters. The molecule has 1 aliphatic rings. The van der Waals surface area contributed by atoms with Crippen molar-refractivity contribution < 1.29 is 5.11 Å². The molecule has 2 rings (SSSR count). The lowest BCUT2D eigenvalue weighted by Gasteiger charge is -2.48. The summed E-state index contributed by atoms with van der Waals surface area (Å²) in [6, 6.07) is 2.00. The number of aromatic nitrogens is 1. The zero-order valence-electron chi connectivity index (χ0n) is 8.70. The molecule has 2 heterocycles. The van der Waals surface area contributed by atoms with E-state index in [9.17, 15) is 5.11 Å². The molecule has 76 valence electrons. The van der Waals surface area contributed by atoms with E-state index in [0.717, 1.165) is 19.5 Å². The summed E-state index contributed by atoms with van der Waals surface area (Å²) in [5.74, 6) is 0. The highest BCUT2D eigenvalue weighted by Crippen LogP contribution is 2.31. The Labute approximate surface area is 84.4 Å². The van der Waals surface area contributed by atoms with Crippen molar-refractivity contribution in [3.63, 3.8) is 0 Å². The van der Waals surface area contributed by atoms with Gasteiger partial charge in [-0.1, -0.05) is 6.92 Å². The topological polar surface area (TPSA) is 36.4 Å². The van der Waals surface area contributed by atoms with Crippen LogP contribution in [0.2, 0.25) is 0 Å². The van der Waals surface area contributed by atoms with Gasteiger partial charge in [0.15, 0.2) is 0 Å². The van der Waals surface area contributed by atoms with Crippen molar-refractivity contribution >= 4 is 5.69 Å². The molecule has 3 heteroatoms. The van der Waals surface area contributed by atoms with E-state index in [1.54, 1.807) is 6.20 Å². The van der Waals surface area contributed by atoms with Crippen molar-refractivity contribution in [1.29, 1.82) is 0 Å². The summed E-state index contributed by atoms with van der Waals surface area (Å²) in [4.78, 5) is 6.25. The fourth-order valence-electron chi connectivity index (χ4n) is 1.88. The van der Waals surface area contributed by atoms with Gasteiger partial charge in [0.25, 0.3) is 0 Å². The van der Waals surface area contributed by atoms with E-state index in [1.165, 1.54) is 11.3 Å². The van der Waals surface area contributed by atoms with Gasteiger partial charge in [-0.25, -0.2) is 0 Å². The number of aliphatic hydroxyl groups is 1. The molecule has 1 saturated heterocycles. The molecule has 0 aliphatic carbocycles. The third-order valence-corrected chi connectivity index (χ3v) is 2.96. The van der Waals surface area contributed by atoms with Crippen LogP contribution in [0.3, 0.4) is 0 Å². The SMILES string of the molecule is CCC1(O)CN(c2ccncc2C)C1. The second-order valence-corrected chi connectivity index (χ2v) is 4.10. The number of aryl methyl sites for hydroxylation is 1. The minimum absolute atomic E-state index is 0.463. The lowest BCUT2D eigenvalue weighted by atomic mass is 9.90. The second kappa shape index (κ2) is 3.24. The quantitative estimate of drug-likeness (QED) is 0.768. The highest BCUT2D eigenvalue weighted by molar-refractivity contribution is 5.54. The summed E-state index contributed by atoms with van der Waals surface area (Å²) in [5, 5.41) is 9.88. The molecule has 14 heavy (non-hydrogen) atoms. The maximum atomic E-state index is 9.88. The van der Waals surface area contributed by atoms with Crippen molar-refractivity contribution in [2.45, 2.75) is 25.9 Å². The van der Waals surface area contributed by atoms with E-state index in [2.05, 4.69) is 9.88 Å². The molecule has 3 nitrogen and oxygen atoms in total. The fraction of sp³-hybridized carbons (Fsp3) is 0.545. The van der Waals surface area contributed by atoms with E-state index in [1.807, 2.05) is 26.1 Å². The number of pyridine rings is 1. The molecule has 0 amide bonds. The minimum Gasteiger partial charge on any atom is -0.386 e. The number of anilines is 1. The minimum atomic E-state index is -0.463. The first kappa shape index (κ1) is 9.46. The van der Waals surface area contributed by atoms with Crippen LogP contribution >= 0.6 is 0 Å². The Morgan fingerprint density at radius 3 is 2.86 bits per heavy atom. The van der Waals surface area contributed by atoms with Crippen LogP contribution in [0, 0.1) is 6.92 Å². The average molecular weight is 192 g/mol. The van der Waals surface area contributed by atoms with Crippen LogP contribution in [0.15, 0.2) is 18.5 Å². The van der Waals surface area contributed by atoms with Gasteiger partial charge in [0.2, 0.25) is 0 Å². The maximum Gasteiger partial charge on any atom is 0.0992 e. The highest BCUT2D eigenvalue weighted by Gasteiger charge is 2.39. The molecular weight excluding hydrogens is 176 g/mol. The first-order valence-corrected chi connectivity index (χ1v) is 5.02. The molecule has 1 N–H and O–H groups in total. The molecule has 1 aromatic rings. The lowest BCUT2D eigenvalue weighted by Crippen LogP contribution is -2.61. The predicted molar refractivity (Wildman–Crippen MR) is 56.4 cm³/mol. The predicted octanol–water partition coefficient (Wildman–Crippen LogP) is 1.35. The maximum absolute atomic E-state index is 9.88. The van der Waals surface area contributed by atoms with Crippen molar-refractivity contribution in [3.8, 4) is 0 Å². The van der Waals surface area contributed by atoms with Crippen molar-refractivity contribution in [2.75, 3.05) is 18.0 Å². The highest BCUT2D eigenvalue weighted by atomic mass is 16.3. The van der Waals surface area contributed by atoms with Gasteiger partial charge < -0.3 is 10.0 Å². The second-order valence-electron chi connectivity index (χ2n) is 4.10. The molecule has 0 bridgehead atoms. The normalized spacial score (nSPS) is 19.2. The number of β-amino-alcohol motifs (C(OH)–C–C–N with tert-alkyl or cyclic N) is 1. The summed E-state index contributed by atoms with van der Waals surface area (Å²) in [6.07, 6.45) is 4.48. The number of hydrogen-bond acceptors (Lipinski definition) is 3. The summed E-state index contributed by atoms with van der Waals surface area (Å²) in [5.41, 5.74) is 1.90. The first-order chi connectivity index (χ1) is 6.64. The zero-order valence-corrected chi connectivity index (χ0v) is 8.70. The van der Waals surface area contributed by atoms with E-state index < -0.39 is 5.60 Å². The Morgan fingerprint density at radius 1 is 1.57 bits per heavy atom. The van der Waals surface area contributed by atoms with Crippen LogP contribution in [-0.4, -0.2) is 28.8 Å². The summed E-state index contributed by atoms with van der Waals surface area (Å²) < 4.78 is 0. The van der Waals surface area contributed by atoms with Gasteiger partial charge in [0, 0.05) is 31.2 Å². The van der Waals surface area contributed by atoms with E-state index >= 15 is 0 Å². The van der Waals surface area contributed by atoms with Gasteiger partial charge in [-0.15, -0.1) is 0 Å². The Bertz CT molecular complexity index is 332. The third kappa shape index (κ3) is 1.48. The smallest absolute Gasteiger partial charge is 0.0992 e. The standard InChI is InChI=1S/C11H16N2O/c1-3-11(14)7-13(8-11)10-4-5-12-6-9(10)2/h4-6,14H,3,7-8H2,1-2H3. The van der Waals surface area contributed by atoms with Crippen LogP contribution < -0.4 is 4.90 Å². The Kier molecular flexibility index (Phi) is 2.19. The molecular formula is C11H16N2O. The van der Waals surface area contributed by atoms with Gasteiger partial charge in [-0.2, -0.15) is 0 Å². The Hall–Kier alpha value is -1.09. The monoisotopic (exact) mass is 192 g/mol. The molecule has 0 saturated carbocycles. The van der Waals surface area contributed by atoms with Crippen molar-refractivity contribution in [3.05, 3.63) is 24.0 Å². The van der Waals surface area contributed by atoms with E-state index in [4.69, 9.17) is 0 Å². The molecule has 0 radical (unpaired) electrons. The van der Waals surface area contributed by atoms with Crippen LogP contribution in [-0.2, 0) is 0 Å². The van der Waals surface area contributed by atoms with Gasteiger partial charge >= 0.3 is 0 Å². The zero-order chi connectivity index (χ0) is 10.2. The van der Waals surface area contributed by atoms with Crippen LogP contribution in [0.5, 0.6) is 0 Å². The molecule has 0 unspecified atom stereocenters. The molecule has 1 aliphatic heterocycles. The number of hydrogen-bond donors (Lipinski definition) is 1. The van der Waals surface area contributed by atoms with Gasteiger partial charge in [0.05, 0.1) is 5.60 Å².